The van der Waals surface area contributed by atoms with Gasteiger partial charge in [0.15, 0.2) is 0 Å². The van der Waals surface area contributed by atoms with Gasteiger partial charge in [0.25, 0.3) is 11.1 Å². The van der Waals surface area contributed by atoms with Crippen molar-refractivity contribution in [2.45, 2.75) is 0 Å². The maximum Gasteiger partial charge on any atom is 0.295 e. The minimum atomic E-state index is -0.290. The molecular formula is C16H13N3O2S. The van der Waals surface area contributed by atoms with Crippen molar-refractivity contribution in [1.82, 2.24) is 9.88 Å². The van der Waals surface area contributed by atoms with Crippen LogP contribution in [0.5, 0.6) is 0 Å². The maximum absolute atomic E-state index is 12.3. The van der Waals surface area contributed by atoms with Gasteiger partial charge in [0, 0.05) is 6.20 Å². The van der Waals surface area contributed by atoms with Crippen molar-refractivity contribution in [2.75, 3.05) is 12.0 Å². The minimum absolute atomic E-state index is 0.105. The Morgan fingerprint density at radius 3 is 2.59 bits per heavy atom. The van der Waals surface area contributed by atoms with E-state index in [-0.39, 0.29) is 17.8 Å². The van der Waals surface area contributed by atoms with E-state index in [0.717, 1.165) is 17.3 Å². The predicted molar refractivity (Wildman–Crippen MR) is 87.0 cm³/mol. The van der Waals surface area contributed by atoms with Crippen LogP contribution in [-0.4, -0.2) is 27.7 Å². The third-order valence-electron chi connectivity index (χ3n) is 3.05. The number of hydrogen-bond acceptors (Lipinski definition) is 5. The number of carbonyl (C=O) groups excluding carboxylic acids is 2. The maximum atomic E-state index is 12.3. The number of benzene rings is 1. The molecule has 1 aromatic heterocycles. The zero-order valence-corrected chi connectivity index (χ0v) is 12.4. The molecule has 0 atom stereocenters. The average Bonchev–Trinajstić information content (AvgIpc) is 2.81. The van der Waals surface area contributed by atoms with Gasteiger partial charge in [-0.15, -0.1) is 0 Å². The lowest BCUT2D eigenvalue weighted by Gasteiger charge is -2.13. The molecule has 22 heavy (non-hydrogen) atoms. The van der Waals surface area contributed by atoms with Crippen LogP contribution < -0.4 is 5.32 Å². The zero-order valence-electron chi connectivity index (χ0n) is 11.6. The third-order valence-corrected chi connectivity index (χ3v) is 3.96. The molecule has 110 valence electrons. The number of imide groups is 1. The number of nitrogens with zero attached hydrogens (tertiary/aromatic N) is 2. The Hall–Kier alpha value is -2.60. The number of nitrogens with one attached hydrogen (secondary N) is 1. The second kappa shape index (κ2) is 6.44. The number of pyridine rings is 1. The Morgan fingerprint density at radius 1 is 1.09 bits per heavy atom. The fourth-order valence-corrected chi connectivity index (χ4v) is 2.80. The van der Waals surface area contributed by atoms with Gasteiger partial charge in [-0.3, -0.25) is 14.5 Å². The molecule has 0 spiro atoms. The number of amides is 2. The predicted octanol–water partition coefficient (Wildman–Crippen LogP) is 3.19. The second-order valence-corrected chi connectivity index (χ2v) is 5.56. The Labute approximate surface area is 132 Å². The van der Waals surface area contributed by atoms with Crippen LogP contribution in [0.1, 0.15) is 5.56 Å². The molecule has 0 bridgehead atoms. The van der Waals surface area contributed by atoms with Gasteiger partial charge in [-0.1, -0.05) is 36.4 Å². The summed E-state index contributed by atoms with van der Waals surface area (Å²) in [4.78, 5) is 30.0. The van der Waals surface area contributed by atoms with Crippen LogP contribution in [0.3, 0.4) is 0 Å². The van der Waals surface area contributed by atoms with E-state index in [9.17, 15) is 9.59 Å². The van der Waals surface area contributed by atoms with Crippen LogP contribution >= 0.6 is 11.8 Å². The number of aromatic nitrogens is 1. The first-order valence-electron chi connectivity index (χ1n) is 6.69. The highest BCUT2D eigenvalue weighted by Crippen LogP contribution is 2.31. The van der Waals surface area contributed by atoms with E-state index < -0.39 is 0 Å². The van der Waals surface area contributed by atoms with E-state index in [1.165, 1.54) is 4.90 Å². The van der Waals surface area contributed by atoms with Crippen molar-refractivity contribution in [3.63, 3.8) is 0 Å². The highest BCUT2D eigenvalue weighted by atomic mass is 32.2. The Morgan fingerprint density at radius 2 is 1.86 bits per heavy atom. The molecule has 3 rings (SSSR count). The highest BCUT2D eigenvalue weighted by molar-refractivity contribution is 8.18. The second-order valence-electron chi connectivity index (χ2n) is 4.57. The van der Waals surface area contributed by atoms with Crippen molar-refractivity contribution >= 4 is 34.8 Å². The number of rotatable bonds is 4. The van der Waals surface area contributed by atoms with Crippen molar-refractivity contribution < 1.29 is 9.59 Å². The molecule has 1 fully saturated rings. The fraction of sp³-hybridized carbons (Fsp3) is 0.0625. The van der Waals surface area contributed by atoms with Crippen LogP contribution in [0.2, 0.25) is 0 Å². The molecule has 1 aliphatic rings. The first-order valence-corrected chi connectivity index (χ1v) is 7.51. The third kappa shape index (κ3) is 3.17. The van der Waals surface area contributed by atoms with Gasteiger partial charge in [0.1, 0.15) is 12.5 Å². The molecule has 2 heterocycles. The molecule has 0 aliphatic carbocycles. The zero-order chi connectivity index (χ0) is 15.4. The molecule has 1 aliphatic heterocycles. The van der Waals surface area contributed by atoms with E-state index in [1.807, 2.05) is 36.4 Å². The van der Waals surface area contributed by atoms with Crippen LogP contribution in [-0.2, 0) is 4.79 Å². The summed E-state index contributed by atoms with van der Waals surface area (Å²) in [5, 5.41) is 2.68. The molecule has 2 amide bonds. The molecule has 1 N–H and O–H groups in total. The largest absolute Gasteiger partial charge is 0.352 e. The number of anilines is 1. The standard InChI is InChI=1S/C16H13N3O2S/c20-15-13(10-12-6-2-1-3-7-12)22-16(21)19(15)11-18-14-8-4-5-9-17-14/h1-10H,11H2,(H,17,18)/b13-10-. The summed E-state index contributed by atoms with van der Waals surface area (Å²) in [6.07, 6.45) is 3.37. The molecule has 0 saturated carbocycles. The van der Waals surface area contributed by atoms with Crippen LogP contribution in [0.4, 0.5) is 10.6 Å². The van der Waals surface area contributed by atoms with Gasteiger partial charge in [-0.25, -0.2) is 4.98 Å². The summed E-state index contributed by atoms with van der Waals surface area (Å²) in [6, 6.07) is 14.9. The van der Waals surface area contributed by atoms with Gasteiger partial charge in [-0.2, -0.15) is 0 Å². The molecule has 5 nitrogen and oxygen atoms in total. The van der Waals surface area contributed by atoms with Gasteiger partial charge < -0.3 is 5.32 Å². The van der Waals surface area contributed by atoms with E-state index in [4.69, 9.17) is 0 Å². The summed E-state index contributed by atoms with van der Waals surface area (Å²) in [7, 11) is 0. The highest BCUT2D eigenvalue weighted by Gasteiger charge is 2.34. The van der Waals surface area contributed by atoms with E-state index in [2.05, 4.69) is 10.3 Å². The molecule has 1 aromatic carbocycles. The average molecular weight is 311 g/mol. The Balaban J connectivity index is 1.71. The summed E-state index contributed by atoms with van der Waals surface area (Å²) >= 11 is 0.950. The summed E-state index contributed by atoms with van der Waals surface area (Å²) < 4.78 is 0. The molecule has 0 unspecified atom stereocenters. The molecule has 1 saturated heterocycles. The Kier molecular flexibility index (Phi) is 4.20. The lowest BCUT2D eigenvalue weighted by molar-refractivity contribution is -0.122. The normalized spacial score (nSPS) is 16.4. The summed E-state index contributed by atoms with van der Waals surface area (Å²) in [5.74, 6) is 0.330. The van der Waals surface area contributed by atoms with Crippen molar-refractivity contribution in [3.05, 3.63) is 65.2 Å². The quantitative estimate of drug-likeness (QED) is 0.879. The molecular weight excluding hydrogens is 298 g/mol. The minimum Gasteiger partial charge on any atom is -0.352 e. The van der Waals surface area contributed by atoms with Gasteiger partial charge >= 0.3 is 0 Å². The topological polar surface area (TPSA) is 62.3 Å². The van der Waals surface area contributed by atoms with Crippen LogP contribution in [0.25, 0.3) is 6.08 Å². The molecule has 0 radical (unpaired) electrons. The fourth-order valence-electron chi connectivity index (χ4n) is 1.96. The van der Waals surface area contributed by atoms with Gasteiger partial charge in [-0.05, 0) is 35.5 Å². The Bertz CT molecular complexity index is 717. The monoisotopic (exact) mass is 311 g/mol. The van der Waals surface area contributed by atoms with E-state index in [0.29, 0.717) is 10.7 Å². The van der Waals surface area contributed by atoms with Crippen molar-refractivity contribution in [2.24, 2.45) is 0 Å². The van der Waals surface area contributed by atoms with E-state index in [1.54, 1.807) is 24.4 Å². The van der Waals surface area contributed by atoms with Gasteiger partial charge in [0.05, 0.1) is 4.91 Å². The SMILES string of the molecule is O=C1S/C(=C\c2ccccc2)C(=O)N1CNc1ccccn1. The number of carbonyl (C=O) groups is 2. The van der Waals surface area contributed by atoms with Crippen LogP contribution in [0, 0.1) is 0 Å². The first kappa shape index (κ1) is 14.3. The molecule has 6 heteroatoms. The lowest BCUT2D eigenvalue weighted by Crippen LogP contribution is -2.33. The summed E-state index contributed by atoms with van der Waals surface area (Å²) in [6.45, 7) is 0.105. The smallest absolute Gasteiger partial charge is 0.295 e. The lowest BCUT2D eigenvalue weighted by atomic mass is 10.2. The van der Waals surface area contributed by atoms with E-state index >= 15 is 0 Å². The summed E-state index contributed by atoms with van der Waals surface area (Å²) in [5.41, 5.74) is 0.894. The number of hydrogen-bond donors (Lipinski definition) is 1. The molecule has 2 aromatic rings. The van der Waals surface area contributed by atoms with Gasteiger partial charge in [0.2, 0.25) is 0 Å². The van der Waals surface area contributed by atoms with Crippen LogP contribution in [0.15, 0.2) is 59.6 Å². The number of thioether (sulfide) groups is 1. The van der Waals surface area contributed by atoms with Crippen molar-refractivity contribution in [3.8, 4) is 0 Å². The first-order chi connectivity index (χ1) is 10.7. The van der Waals surface area contributed by atoms with Crippen molar-refractivity contribution in [1.29, 1.82) is 0 Å².